The molecule has 1 atom stereocenters. The molecular formula is C22H23F3N6O2. The van der Waals surface area contributed by atoms with Gasteiger partial charge in [-0.2, -0.15) is 13.2 Å². The molecule has 0 aliphatic carbocycles. The SMILES string of the molecule is C=CC(=O)N1CCC(OCc2ccc(C(F)(F)F)nc2)C1.Cn1cc(-c2cccnc2)nn1. The molecule has 11 heteroatoms. The van der Waals surface area contributed by atoms with Crippen LogP contribution in [0.1, 0.15) is 17.7 Å². The second kappa shape index (κ2) is 10.8. The largest absolute Gasteiger partial charge is 0.433 e. The van der Waals surface area contributed by atoms with Crippen molar-refractivity contribution in [3.63, 3.8) is 0 Å². The van der Waals surface area contributed by atoms with E-state index in [1.54, 1.807) is 22.0 Å². The van der Waals surface area contributed by atoms with Crippen LogP contribution >= 0.6 is 0 Å². The summed E-state index contributed by atoms with van der Waals surface area (Å²) in [5, 5.41) is 7.79. The van der Waals surface area contributed by atoms with E-state index in [1.165, 1.54) is 12.1 Å². The molecule has 4 heterocycles. The number of halogens is 3. The molecule has 3 aromatic heterocycles. The molecule has 33 heavy (non-hydrogen) atoms. The van der Waals surface area contributed by atoms with Crippen molar-refractivity contribution in [2.45, 2.75) is 25.3 Å². The summed E-state index contributed by atoms with van der Waals surface area (Å²) in [4.78, 5) is 20.4. The minimum Gasteiger partial charge on any atom is -0.372 e. The molecule has 3 aromatic rings. The van der Waals surface area contributed by atoms with Gasteiger partial charge in [0.1, 0.15) is 11.4 Å². The van der Waals surface area contributed by atoms with Gasteiger partial charge in [-0.25, -0.2) is 0 Å². The minimum absolute atomic E-state index is 0.115. The number of nitrogens with zero attached hydrogens (tertiary/aromatic N) is 6. The van der Waals surface area contributed by atoms with E-state index in [9.17, 15) is 18.0 Å². The van der Waals surface area contributed by atoms with Crippen LogP contribution < -0.4 is 0 Å². The van der Waals surface area contributed by atoms with Crippen molar-refractivity contribution in [3.05, 3.63) is 73.0 Å². The molecule has 1 aliphatic rings. The van der Waals surface area contributed by atoms with Crippen molar-refractivity contribution in [3.8, 4) is 11.3 Å². The topological polar surface area (TPSA) is 86.0 Å². The zero-order valence-electron chi connectivity index (χ0n) is 17.9. The van der Waals surface area contributed by atoms with Gasteiger partial charge in [-0.15, -0.1) is 5.10 Å². The maximum Gasteiger partial charge on any atom is 0.433 e. The number of carbonyl (C=O) groups is 1. The number of ether oxygens (including phenoxy) is 1. The molecule has 0 radical (unpaired) electrons. The second-order valence-electron chi connectivity index (χ2n) is 7.28. The van der Waals surface area contributed by atoms with Gasteiger partial charge >= 0.3 is 6.18 Å². The number of hydrogen-bond acceptors (Lipinski definition) is 6. The van der Waals surface area contributed by atoms with Crippen molar-refractivity contribution >= 4 is 5.91 Å². The summed E-state index contributed by atoms with van der Waals surface area (Å²) >= 11 is 0. The summed E-state index contributed by atoms with van der Waals surface area (Å²) in [5.41, 5.74) is 1.49. The molecule has 1 saturated heterocycles. The number of hydrogen-bond donors (Lipinski definition) is 0. The average Bonchev–Trinajstić information content (AvgIpc) is 3.47. The highest BCUT2D eigenvalue weighted by Gasteiger charge is 2.32. The zero-order valence-corrected chi connectivity index (χ0v) is 17.9. The summed E-state index contributed by atoms with van der Waals surface area (Å²) in [6.07, 6.45) is 3.92. The van der Waals surface area contributed by atoms with Gasteiger partial charge in [-0.3, -0.25) is 19.4 Å². The highest BCUT2D eigenvalue weighted by Crippen LogP contribution is 2.27. The number of pyridine rings is 2. The van der Waals surface area contributed by atoms with Gasteiger partial charge in [-0.1, -0.05) is 17.9 Å². The Labute approximate surface area is 188 Å². The molecular weight excluding hydrogens is 437 g/mol. The van der Waals surface area contributed by atoms with Gasteiger partial charge in [0.05, 0.1) is 18.9 Å². The van der Waals surface area contributed by atoms with E-state index in [0.717, 1.165) is 23.5 Å². The number of carbonyl (C=O) groups excluding carboxylic acids is 1. The van der Waals surface area contributed by atoms with Crippen LogP contribution in [0.25, 0.3) is 11.3 Å². The molecule has 0 saturated carbocycles. The number of aryl methyl sites for hydroxylation is 1. The number of aromatic nitrogens is 5. The Morgan fingerprint density at radius 1 is 1.30 bits per heavy atom. The third kappa shape index (κ3) is 6.94. The lowest BCUT2D eigenvalue weighted by Gasteiger charge is -2.14. The quantitative estimate of drug-likeness (QED) is 0.544. The van der Waals surface area contributed by atoms with Crippen molar-refractivity contribution in [2.24, 2.45) is 7.05 Å². The van der Waals surface area contributed by atoms with Crippen LogP contribution in [0.3, 0.4) is 0 Å². The van der Waals surface area contributed by atoms with Crippen LogP contribution in [0.5, 0.6) is 0 Å². The molecule has 8 nitrogen and oxygen atoms in total. The third-order valence-corrected chi connectivity index (χ3v) is 4.79. The number of amides is 1. The molecule has 0 aromatic carbocycles. The predicted molar refractivity (Wildman–Crippen MR) is 113 cm³/mol. The van der Waals surface area contributed by atoms with Crippen LogP contribution in [-0.4, -0.2) is 55.0 Å². The second-order valence-corrected chi connectivity index (χ2v) is 7.28. The lowest BCUT2D eigenvalue weighted by atomic mass is 10.2. The van der Waals surface area contributed by atoms with Crippen molar-refractivity contribution < 1.29 is 22.7 Å². The van der Waals surface area contributed by atoms with Gasteiger partial charge in [0.2, 0.25) is 5.91 Å². The molecule has 0 spiro atoms. The smallest absolute Gasteiger partial charge is 0.372 e. The number of rotatable bonds is 5. The summed E-state index contributed by atoms with van der Waals surface area (Å²) in [6, 6.07) is 6.11. The Bertz CT molecular complexity index is 1050. The number of likely N-dealkylation sites (tertiary alicyclic amines) is 1. The van der Waals surface area contributed by atoms with Crippen LogP contribution in [0.15, 0.2) is 61.7 Å². The first-order chi connectivity index (χ1) is 15.8. The molecule has 1 fully saturated rings. The Balaban J connectivity index is 0.000000215. The van der Waals surface area contributed by atoms with E-state index in [0.29, 0.717) is 25.1 Å². The maximum absolute atomic E-state index is 12.4. The monoisotopic (exact) mass is 460 g/mol. The minimum atomic E-state index is -4.43. The van der Waals surface area contributed by atoms with E-state index < -0.39 is 11.9 Å². The van der Waals surface area contributed by atoms with Crippen molar-refractivity contribution in [1.82, 2.24) is 29.9 Å². The van der Waals surface area contributed by atoms with E-state index in [1.807, 2.05) is 25.4 Å². The first-order valence-corrected chi connectivity index (χ1v) is 10.1. The summed E-state index contributed by atoms with van der Waals surface area (Å²) in [6.45, 7) is 4.66. The highest BCUT2D eigenvalue weighted by molar-refractivity contribution is 5.87. The molecule has 0 bridgehead atoms. The predicted octanol–water partition coefficient (Wildman–Crippen LogP) is 3.28. The van der Waals surface area contributed by atoms with Crippen molar-refractivity contribution in [1.29, 1.82) is 0 Å². The molecule has 174 valence electrons. The van der Waals surface area contributed by atoms with Crippen molar-refractivity contribution in [2.75, 3.05) is 13.1 Å². The lowest BCUT2D eigenvalue weighted by molar-refractivity contribution is -0.141. The Morgan fingerprint density at radius 2 is 2.12 bits per heavy atom. The molecule has 4 rings (SSSR count). The standard InChI is InChI=1S/C14H15F3N2O2.C8H8N4/c1-2-13(20)19-6-5-11(8-19)21-9-10-3-4-12(18-7-10)14(15,16)17;1-12-6-8(10-11-12)7-3-2-4-9-5-7/h2-4,7,11H,1,5-6,8-9H2;2-6H,1H3. The van der Waals surface area contributed by atoms with Crippen LogP contribution in [0, 0.1) is 0 Å². The van der Waals surface area contributed by atoms with Gasteiger partial charge in [0.15, 0.2) is 0 Å². The Hall–Kier alpha value is -3.60. The fraction of sp³-hybridized carbons (Fsp3) is 0.318. The first kappa shape index (κ1) is 24.1. The molecule has 1 amide bonds. The average molecular weight is 460 g/mol. The molecule has 0 N–H and O–H groups in total. The zero-order chi connectivity index (χ0) is 23.8. The van der Waals surface area contributed by atoms with Gasteiger partial charge < -0.3 is 9.64 Å². The first-order valence-electron chi connectivity index (χ1n) is 10.1. The third-order valence-electron chi connectivity index (χ3n) is 4.79. The lowest BCUT2D eigenvalue weighted by Crippen LogP contribution is -2.28. The van der Waals surface area contributed by atoms with Crippen LogP contribution in [0.4, 0.5) is 13.2 Å². The molecule has 1 aliphatic heterocycles. The van der Waals surface area contributed by atoms with E-state index >= 15 is 0 Å². The maximum atomic E-state index is 12.4. The summed E-state index contributed by atoms with van der Waals surface area (Å²) < 4.78 is 44.4. The Kier molecular flexibility index (Phi) is 7.88. The van der Waals surface area contributed by atoms with E-state index in [-0.39, 0.29) is 18.6 Å². The fourth-order valence-corrected chi connectivity index (χ4v) is 3.08. The Morgan fingerprint density at radius 3 is 2.70 bits per heavy atom. The fourth-order valence-electron chi connectivity index (χ4n) is 3.08. The van der Waals surface area contributed by atoms with Crippen LogP contribution in [0.2, 0.25) is 0 Å². The van der Waals surface area contributed by atoms with E-state index in [4.69, 9.17) is 4.74 Å². The highest BCUT2D eigenvalue weighted by atomic mass is 19.4. The van der Waals surface area contributed by atoms with Gasteiger partial charge in [0, 0.05) is 44.3 Å². The van der Waals surface area contributed by atoms with Gasteiger partial charge in [-0.05, 0) is 36.3 Å². The summed E-state index contributed by atoms with van der Waals surface area (Å²) in [5.74, 6) is -0.141. The summed E-state index contributed by atoms with van der Waals surface area (Å²) in [7, 11) is 1.84. The van der Waals surface area contributed by atoms with Crippen LogP contribution in [-0.2, 0) is 29.4 Å². The van der Waals surface area contributed by atoms with E-state index in [2.05, 4.69) is 26.9 Å². The molecule has 1 unspecified atom stereocenters. The van der Waals surface area contributed by atoms with Gasteiger partial charge in [0.25, 0.3) is 0 Å². The number of alkyl halides is 3. The normalized spacial score (nSPS) is 15.6.